The number of methoxy groups -OCH3 is 1. The molecule has 0 atom stereocenters. The topological polar surface area (TPSA) is 146 Å². The average Bonchev–Trinajstić information content (AvgIpc) is 2.79. The molecule has 0 amide bonds. The van der Waals surface area contributed by atoms with Crippen molar-refractivity contribution in [2.75, 3.05) is 24.4 Å². The van der Waals surface area contributed by atoms with Crippen LogP contribution in [-0.2, 0) is 9.47 Å². The molecule has 2 N–H and O–H groups in total. The highest BCUT2D eigenvalue weighted by molar-refractivity contribution is 5.97. The van der Waals surface area contributed by atoms with Gasteiger partial charge in [-0.2, -0.15) is 0 Å². The fraction of sp³-hybridized carbons (Fsp3) is 0.143. The predicted molar refractivity (Wildman–Crippen MR) is 115 cm³/mol. The van der Waals surface area contributed by atoms with Crippen LogP contribution in [-0.4, -0.2) is 40.5 Å². The van der Waals surface area contributed by atoms with Crippen molar-refractivity contribution in [3.05, 3.63) is 76.1 Å². The minimum atomic E-state index is -0.638. The van der Waals surface area contributed by atoms with Gasteiger partial charge in [0.05, 0.1) is 35.5 Å². The summed E-state index contributed by atoms with van der Waals surface area (Å²) in [6.45, 7) is 1.86. The number of nitrogens with zero attached hydrogens (tertiary/aromatic N) is 3. The van der Waals surface area contributed by atoms with Gasteiger partial charge >= 0.3 is 17.6 Å². The van der Waals surface area contributed by atoms with Gasteiger partial charge in [-0.25, -0.2) is 19.6 Å². The quantitative estimate of drug-likeness (QED) is 0.303. The lowest BCUT2D eigenvalue weighted by Crippen LogP contribution is -2.10. The molecule has 11 heteroatoms. The first-order chi connectivity index (χ1) is 15.4. The first-order valence-corrected chi connectivity index (χ1v) is 9.42. The maximum atomic E-state index is 12.2. The summed E-state index contributed by atoms with van der Waals surface area (Å²) in [5.74, 6) is -1.27. The molecule has 0 bridgehead atoms. The zero-order valence-corrected chi connectivity index (χ0v) is 17.2. The number of para-hydroxylation sites is 1. The van der Waals surface area contributed by atoms with Crippen LogP contribution in [0, 0.1) is 10.1 Å². The molecule has 3 aromatic rings. The van der Waals surface area contributed by atoms with Crippen molar-refractivity contribution >= 4 is 40.6 Å². The van der Waals surface area contributed by atoms with Crippen molar-refractivity contribution in [3.63, 3.8) is 0 Å². The average molecular weight is 437 g/mol. The van der Waals surface area contributed by atoms with E-state index in [-0.39, 0.29) is 23.8 Å². The van der Waals surface area contributed by atoms with Crippen LogP contribution in [0.4, 0.5) is 28.7 Å². The minimum Gasteiger partial charge on any atom is -0.465 e. The Morgan fingerprint density at radius 1 is 1.00 bits per heavy atom. The molecule has 1 heterocycles. The van der Waals surface area contributed by atoms with Gasteiger partial charge in [-0.05, 0) is 43.3 Å². The number of aromatic nitrogens is 2. The summed E-state index contributed by atoms with van der Waals surface area (Å²) in [5, 5.41) is 17.5. The molecular formula is C21H19N5O6. The lowest BCUT2D eigenvalue weighted by atomic mass is 10.1. The van der Waals surface area contributed by atoms with Gasteiger partial charge in [0.1, 0.15) is 6.33 Å². The van der Waals surface area contributed by atoms with Crippen LogP contribution in [0.2, 0.25) is 0 Å². The van der Waals surface area contributed by atoms with E-state index in [1.807, 2.05) is 0 Å². The second-order valence-corrected chi connectivity index (χ2v) is 6.26. The lowest BCUT2D eigenvalue weighted by molar-refractivity contribution is -0.383. The standard InChI is InChI=1S/C21H19N5O6/c1-3-32-21(28)15-6-4-5-7-16(15)25-19-17(26(29)30)18(22-12-23-19)24-14-10-8-13(9-11-14)20(27)31-2/h4-12H,3H2,1-2H3,(H2,22,23,24,25). The molecule has 0 spiro atoms. The van der Waals surface area contributed by atoms with Crippen LogP contribution in [0.25, 0.3) is 0 Å². The maximum absolute atomic E-state index is 12.2. The normalized spacial score (nSPS) is 10.2. The summed E-state index contributed by atoms with van der Waals surface area (Å²) >= 11 is 0. The van der Waals surface area contributed by atoms with Crippen LogP contribution in [0.3, 0.4) is 0 Å². The number of benzene rings is 2. The molecule has 0 unspecified atom stereocenters. The second kappa shape index (κ2) is 9.98. The number of anilines is 4. The molecular weight excluding hydrogens is 418 g/mol. The van der Waals surface area contributed by atoms with Crippen molar-refractivity contribution in [2.45, 2.75) is 6.92 Å². The fourth-order valence-electron chi connectivity index (χ4n) is 2.79. The summed E-state index contributed by atoms with van der Waals surface area (Å²) in [6.07, 6.45) is 1.15. The number of carbonyl (C=O) groups excluding carboxylic acids is 2. The van der Waals surface area contributed by atoms with E-state index in [1.54, 1.807) is 37.3 Å². The number of hydrogen-bond acceptors (Lipinski definition) is 10. The van der Waals surface area contributed by atoms with Gasteiger partial charge in [0.2, 0.25) is 11.6 Å². The third-order valence-corrected chi connectivity index (χ3v) is 4.25. The number of hydrogen-bond donors (Lipinski definition) is 2. The Morgan fingerprint density at radius 2 is 1.66 bits per heavy atom. The van der Waals surface area contributed by atoms with Crippen molar-refractivity contribution in [1.29, 1.82) is 0 Å². The van der Waals surface area contributed by atoms with Gasteiger partial charge in [-0.3, -0.25) is 10.1 Å². The first kappa shape index (κ1) is 22.2. The molecule has 164 valence electrons. The lowest BCUT2D eigenvalue weighted by Gasteiger charge is -2.12. The summed E-state index contributed by atoms with van der Waals surface area (Å²) in [4.78, 5) is 42.9. The summed E-state index contributed by atoms with van der Waals surface area (Å²) in [6, 6.07) is 12.6. The largest absolute Gasteiger partial charge is 0.465 e. The Bertz CT molecular complexity index is 1150. The molecule has 0 fully saturated rings. The monoisotopic (exact) mass is 437 g/mol. The zero-order valence-electron chi connectivity index (χ0n) is 17.2. The van der Waals surface area contributed by atoms with Crippen molar-refractivity contribution in [2.24, 2.45) is 0 Å². The van der Waals surface area contributed by atoms with E-state index in [0.717, 1.165) is 6.33 Å². The highest BCUT2D eigenvalue weighted by Crippen LogP contribution is 2.33. The van der Waals surface area contributed by atoms with Gasteiger partial charge < -0.3 is 20.1 Å². The van der Waals surface area contributed by atoms with Gasteiger partial charge in [0.25, 0.3) is 0 Å². The van der Waals surface area contributed by atoms with E-state index in [9.17, 15) is 19.7 Å². The van der Waals surface area contributed by atoms with Crippen LogP contribution in [0.5, 0.6) is 0 Å². The summed E-state index contributed by atoms with van der Waals surface area (Å²) in [5.41, 5.74) is 0.852. The number of carbonyl (C=O) groups is 2. The molecule has 0 saturated carbocycles. The Kier molecular flexibility index (Phi) is 6.91. The molecule has 32 heavy (non-hydrogen) atoms. The molecule has 0 radical (unpaired) electrons. The van der Waals surface area contributed by atoms with E-state index >= 15 is 0 Å². The number of rotatable bonds is 8. The van der Waals surface area contributed by atoms with Crippen LogP contribution in [0.15, 0.2) is 54.9 Å². The Balaban J connectivity index is 1.94. The highest BCUT2D eigenvalue weighted by atomic mass is 16.6. The SMILES string of the molecule is CCOC(=O)c1ccccc1Nc1ncnc(Nc2ccc(C(=O)OC)cc2)c1[N+](=O)[O-]. The van der Waals surface area contributed by atoms with Crippen molar-refractivity contribution in [3.8, 4) is 0 Å². The van der Waals surface area contributed by atoms with Crippen LogP contribution >= 0.6 is 0 Å². The van der Waals surface area contributed by atoms with E-state index in [0.29, 0.717) is 16.9 Å². The van der Waals surface area contributed by atoms with Crippen LogP contribution < -0.4 is 10.6 Å². The third kappa shape index (κ3) is 4.95. The third-order valence-electron chi connectivity index (χ3n) is 4.25. The number of esters is 2. The second-order valence-electron chi connectivity index (χ2n) is 6.26. The molecule has 2 aromatic carbocycles. The van der Waals surface area contributed by atoms with E-state index in [1.165, 1.54) is 25.3 Å². The highest BCUT2D eigenvalue weighted by Gasteiger charge is 2.25. The summed E-state index contributed by atoms with van der Waals surface area (Å²) in [7, 11) is 1.27. The fourth-order valence-corrected chi connectivity index (χ4v) is 2.79. The van der Waals surface area contributed by atoms with E-state index in [4.69, 9.17) is 4.74 Å². The van der Waals surface area contributed by atoms with Gasteiger partial charge in [0, 0.05) is 5.69 Å². The van der Waals surface area contributed by atoms with Gasteiger partial charge in [0.15, 0.2) is 0 Å². The van der Waals surface area contributed by atoms with Crippen molar-refractivity contribution in [1.82, 2.24) is 9.97 Å². The molecule has 1 aromatic heterocycles. The minimum absolute atomic E-state index is 0.0769. The predicted octanol–water partition coefficient (Wildman–Crippen LogP) is 3.84. The van der Waals surface area contributed by atoms with Gasteiger partial charge in [-0.1, -0.05) is 12.1 Å². The van der Waals surface area contributed by atoms with Crippen molar-refractivity contribution < 1.29 is 24.0 Å². The molecule has 11 nitrogen and oxygen atoms in total. The Morgan fingerprint density at radius 3 is 2.28 bits per heavy atom. The molecule has 0 aliphatic rings. The van der Waals surface area contributed by atoms with Gasteiger partial charge in [-0.15, -0.1) is 0 Å². The number of nitro groups is 1. The smallest absolute Gasteiger partial charge is 0.353 e. The van der Waals surface area contributed by atoms with Crippen LogP contribution in [0.1, 0.15) is 27.6 Å². The maximum Gasteiger partial charge on any atom is 0.353 e. The van der Waals surface area contributed by atoms with E-state index in [2.05, 4.69) is 25.3 Å². The molecule has 0 saturated heterocycles. The zero-order chi connectivity index (χ0) is 23.1. The Labute approximate surface area is 182 Å². The molecule has 3 rings (SSSR count). The Hall–Kier alpha value is -4.54. The summed E-state index contributed by atoms with van der Waals surface area (Å²) < 4.78 is 9.68. The first-order valence-electron chi connectivity index (χ1n) is 9.42. The molecule has 0 aliphatic carbocycles. The molecule has 0 aliphatic heterocycles. The number of nitrogens with one attached hydrogen (secondary N) is 2. The number of ether oxygens (including phenoxy) is 2. The van der Waals surface area contributed by atoms with E-state index < -0.39 is 22.5 Å².